The third-order valence-electron chi connectivity index (χ3n) is 5.41. The van der Waals surface area contributed by atoms with E-state index in [1.807, 2.05) is 43.3 Å². The van der Waals surface area contributed by atoms with Crippen LogP contribution in [0.5, 0.6) is 0 Å². The molecule has 2 aromatic heterocycles. The number of nitrogens with zero attached hydrogens (tertiary/aromatic N) is 2. The van der Waals surface area contributed by atoms with E-state index in [4.69, 9.17) is 5.11 Å². The minimum absolute atomic E-state index is 0.114. The quantitative estimate of drug-likeness (QED) is 0.410. The molecular formula is C25H22N4O4. The van der Waals surface area contributed by atoms with E-state index in [1.54, 1.807) is 19.1 Å². The Hall–Kier alpha value is -4.55. The summed E-state index contributed by atoms with van der Waals surface area (Å²) in [5.74, 6) is -1.05. The molecule has 0 bridgehead atoms. The molecule has 0 aliphatic rings. The molecule has 33 heavy (non-hydrogen) atoms. The number of nitrogens with one attached hydrogen (secondary N) is 2. The van der Waals surface area contributed by atoms with Crippen LogP contribution in [0.25, 0.3) is 28.9 Å². The summed E-state index contributed by atoms with van der Waals surface area (Å²) in [7, 11) is 3.94. The number of pyridine rings is 1. The molecule has 4 aromatic rings. The minimum atomic E-state index is -1.05. The van der Waals surface area contributed by atoms with E-state index >= 15 is 0 Å². The van der Waals surface area contributed by atoms with Crippen molar-refractivity contribution in [1.82, 2.24) is 14.8 Å². The Morgan fingerprint density at radius 2 is 1.70 bits per heavy atom. The first-order valence-electron chi connectivity index (χ1n) is 10.2. The van der Waals surface area contributed by atoms with Gasteiger partial charge in [-0.15, -0.1) is 5.73 Å². The highest BCUT2D eigenvalue weighted by Gasteiger charge is 2.15. The number of hydrogen-bond acceptors (Lipinski definition) is 4. The van der Waals surface area contributed by atoms with Gasteiger partial charge in [-0.2, -0.15) is 0 Å². The van der Waals surface area contributed by atoms with Gasteiger partial charge in [0.1, 0.15) is 5.65 Å². The van der Waals surface area contributed by atoms with Crippen LogP contribution in [0, 0.1) is 6.92 Å². The van der Waals surface area contributed by atoms with Crippen molar-refractivity contribution in [2.75, 3.05) is 19.0 Å². The van der Waals surface area contributed by atoms with E-state index in [0.717, 1.165) is 11.3 Å². The standard InChI is InChI=1S/C25H22N4O4/c1-15-20(6-4-5-16-7-11-18(12-8-16)28(2)3)23(30)26-22-21(15)24(31)29(27-22)19-13-9-17(10-14-19)25(32)33/h5-14H,1-3H3,(H,32,33)(H2,26,27,30). The van der Waals surface area contributed by atoms with Gasteiger partial charge in [-0.3, -0.25) is 14.7 Å². The number of aromatic carboxylic acids is 1. The second kappa shape index (κ2) is 8.53. The maximum Gasteiger partial charge on any atom is 0.335 e. The van der Waals surface area contributed by atoms with Gasteiger partial charge in [0.15, 0.2) is 0 Å². The lowest BCUT2D eigenvalue weighted by Gasteiger charge is -2.11. The van der Waals surface area contributed by atoms with Crippen LogP contribution in [0.1, 0.15) is 27.0 Å². The molecule has 166 valence electrons. The molecule has 3 N–H and O–H groups in total. The van der Waals surface area contributed by atoms with Crippen molar-refractivity contribution >= 4 is 34.8 Å². The number of anilines is 1. The Labute approximate surface area is 188 Å². The highest BCUT2D eigenvalue weighted by Crippen LogP contribution is 2.17. The molecule has 0 radical (unpaired) electrons. The van der Waals surface area contributed by atoms with Crippen molar-refractivity contribution in [3.8, 4) is 5.69 Å². The van der Waals surface area contributed by atoms with Gasteiger partial charge in [0.05, 0.1) is 22.2 Å². The number of fused-ring (bicyclic) bond motifs is 1. The number of rotatable bonds is 5. The van der Waals surface area contributed by atoms with Crippen molar-refractivity contribution in [3.05, 3.63) is 97.2 Å². The molecular weight excluding hydrogens is 420 g/mol. The third-order valence-corrected chi connectivity index (χ3v) is 5.41. The first kappa shape index (κ1) is 21.7. The zero-order chi connectivity index (χ0) is 23.7. The van der Waals surface area contributed by atoms with Crippen LogP contribution < -0.4 is 16.0 Å². The average Bonchev–Trinajstić information content (AvgIpc) is 3.12. The predicted molar refractivity (Wildman–Crippen MR) is 129 cm³/mol. The summed E-state index contributed by atoms with van der Waals surface area (Å²) in [6.07, 6.45) is 3.33. The Morgan fingerprint density at radius 1 is 1.03 bits per heavy atom. The lowest BCUT2D eigenvalue weighted by Crippen LogP contribution is -2.16. The van der Waals surface area contributed by atoms with E-state index in [9.17, 15) is 14.4 Å². The number of hydrogen-bond donors (Lipinski definition) is 3. The molecule has 0 aliphatic heterocycles. The van der Waals surface area contributed by atoms with Crippen molar-refractivity contribution < 1.29 is 9.90 Å². The zero-order valence-electron chi connectivity index (χ0n) is 18.3. The number of aromatic nitrogens is 3. The van der Waals surface area contributed by atoms with Crippen LogP contribution in [0.3, 0.4) is 0 Å². The minimum Gasteiger partial charge on any atom is -0.478 e. The van der Waals surface area contributed by atoms with Crippen molar-refractivity contribution in [2.24, 2.45) is 0 Å². The number of aryl methyl sites for hydroxylation is 1. The Kier molecular flexibility index (Phi) is 5.60. The van der Waals surface area contributed by atoms with Gasteiger partial charge in [-0.05, 0) is 66.6 Å². The normalized spacial score (nSPS) is 10.6. The summed E-state index contributed by atoms with van der Waals surface area (Å²) >= 11 is 0. The largest absolute Gasteiger partial charge is 0.478 e. The first-order chi connectivity index (χ1) is 15.8. The molecule has 0 unspecified atom stereocenters. The van der Waals surface area contributed by atoms with E-state index in [-0.39, 0.29) is 16.7 Å². The smallest absolute Gasteiger partial charge is 0.335 e. The fraction of sp³-hybridized carbons (Fsp3) is 0.120. The van der Waals surface area contributed by atoms with Crippen LogP contribution in [-0.2, 0) is 0 Å². The molecule has 0 amide bonds. The van der Waals surface area contributed by atoms with Crippen LogP contribution in [0.4, 0.5) is 5.69 Å². The van der Waals surface area contributed by atoms with Crippen LogP contribution >= 0.6 is 0 Å². The molecule has 0 aliphatic carbocycles. The monoisotopic (exact) mass is 442 g/mol. The van der Waals surface area contributed by atoms with E-state index < -0.39 is 5.97 Å². The van der Waals surface area contributed by atoms with E-state index in [0.29, 0.717) is 27.8 Å². The van der Waals surface area contributed by atoms with Crippen LogP contribution in [-0.4, -0.2) is 39.9 Å². The number of benzene rings is 2. The predicted octanol–water partition coefficient (Wildman–Crippen LogP) is 3.41. The molecule has 0 fully saturated rings. The fourth-order valence-electron chi connectivity index (χ4n) is 3.56. The first-order valence-corrected chi connectivity index (χ1v) is 10.2. The van der Waals surface area contributed by atoms with Crippen molar-refractivity contribution in [1.29, 1.82) is 0 Å². The third kappa shape index (κ3) is 4.15. The van der Waals surface area contributed by atoms with Crippen molar-refractivity contribution in [2.45, 2.75) is 6.92 Å². The Morgan fingerprint density at radius 3 is 2.30 bits per heavy atom. The molecule has 4 rings (SSSR count). The molecule has 0 spiro atoms. The van der Waals surface area contributed by atoms with Gasteiger partial charge < -0.3 is 15.0 Å². The molecule has 2 heterocycles. The maximum absolute atomic E-state index is 13.1. The Balaban J connectivity index is 1.74. The topological polar surface area (TPSA) is 111 Å². The number of carboxylic acid groups (broad SMARTS) is 1. The summed E-state index contributed by atoms with van der Waals surface area (Å²) in [5.41, 5.74) is 6.08. The molecule has 8 nitrogen and oxygen atoms in total. The van der Waals surface area contributed by atoms with E-state index in [1.165, 1.54) is 28.9 Å². The van der Waals surface area contributed by atoms with Gasteiger partial charge in [-0.1, -0.05) is 12.1 Å². The summed E-state index contributed by atoms with van der Waals surface area (Å²) in [4.78, 5) is 41.5. The lowest BCUT2D eigenvalue weighted by molar-refractivity contribution is 0.0697. The second-order valence-electron chi connectivity index (χ2n) is 7.79. The number of carboxylic acids is 1. The molecule has 2 aromatic carbocycles. The van der Waals surface area contributed by atoms with Crippen molar-refractivity contribution in [3.63, 3.8) is 0 Å². The zero-order valence-corrected chi connectivity index (χ0v) is 18.3. The van der Waals surface area contributed by atoms with Gasteiger partial charge in [0.2, 0.25) is 0 Å². The van der Waals surface area contributed by atoms with Gasteiger partial charge >= 0.3 is 5.97 Å². The maximum atomic E-state index is 13.1. The van der Waals surface area contributed by atoms with Gasteiger partial charge in [-0.25, -0.2) is 9.48 Å². The summed E-state index contributed by atoms with van der Waals surface area (Å²) in [5, 5.41) is 12.3. The van der Waals surface area contributed by atoms with Crippen LogP contribution in [0.2, 0.25) is 0 Å². The highest BCUT2D eigenvalue weighted by molar-refractivity contribution is 5.88. The molecule has 0 saturated heterocycles. The molecule has 8 heteroatoms. The average molecular weight is 442 g/mol. The summed E-state index contributed by atoms with van der Waals surface area (Å²) in [6.45, 7) is 1.71. The van der Waals surface area contributed by atoms with Gasteiger partial charge in [0.25, 0.3) is 11.1 Å². The number of H-pyrrole nitrogens is 2. The second-order valence-corrected chi connectivity index (χ2v) is 7.79. The molecule has 0 atom stereocenters. The lowest BCUT2D eigenvalue weighted by atomic mass is 10.1. The summed E-state index contributed by atoms with van der Waals surface area (Å²) < 4.78 is 1.27. The Bertz CT molecular complexity index is 1530. The summed E-state index contributed by atoms with van der Waals surface area (Å²) in [6, 6.07) is 13.8. The van der Waals surface area contributed by atoms with Crippen LogP contribution in [0.15, 0.2) is 63.9 Å². The fourth-order valence-corrected chi connectivity index (χ4v) is 3.56. The number of aromatic amines is 2. The highest BCUT2D eigenvalue weighted by atomic mass is 16.4. The molecule has 0 saturated carbocycles. The SMILES string of the molecule is Cc1c(C=C=Cc2ccc(N(C)C)cc2)c(=O)[nH]c2[nH]n(-c3ccc(C(=O)O)cc3)c(=O)c12. The number of carbonyl (C=O) groups is 1. The van der Waals surface area contributed by atoms with E-state index in [2.05, 4.69) is 15.8 Å². The van der Waals surface area contributed by atoms with Gasteiger partial charge in [0, 0.05) is 19.8 Å².